The third kappa shape index (κ3) is 8.08. The highest BCUT2D eigenvalue weighted by Gasteiger charge is 2.21. The van der Waals surface area contributed by atoms with Crippen molar-refractivity contribution in [3.8, 4) is 5.75 Å². The summed E-state index contributed by atoms with van der Waals surface area (Å²) in [5.74, 6) is -0.810. The minimum Gasteiger partial charge on any atom is -0.492 e. The highest BCUT2D eigenvalue weighted by molar-refractivity contribution is 7.09. The number of rotatable bonds is 14. The van der Waals surface area contributed by atoms with Gasteiger partial charge in [-0.1, -0.05) is 60.7 Å². The molecule has 0 bridgehead atoms. The van der Waals surface area contributed by atoms with Gasteiger partial charge in [-0.05, 0) is 65.5 Å². The number of ether oxygens (including phenoxy) is 1. The number of hydrogen-bond donors (Lipinski definition) is 2. The largest absolute Gasteiger partial charge is 0.492 e. The van der Waals surface area contributed by atoms with Gasteiger partial charge >= 0.3 is 5.97 Å². The summed E-state index contributed by atoms with van der Waals surface area (Å²) in [5, 5.41) is 15.1. The zero-order chi connectivity index (χ0) is 30.0. The molecule has 5 aromatic rings. The predicted octanol–water partition coefficient (Wildman–Crippen LogP) is 7.31. The fourth-order valence-electron chi connectivity index (χ4n) is 4.71. The number of hydrogen-bond acceptors (Lipinski definition) is 6. The zero-order valence-electron chi connectivity index (χ0n) is 23.4. The molecule has 43 heavy (non-hydrogen) atoms. The summed E-state index contributed by atoms with van der Waals surface area (Å²) >= 11 is 1.67. The van der Waals surface area contributed by atoms with E-state index >= 15 is 0 Å². The van der Waals surface area contributed by atoms with E-state index in [1.54, 1.807) is 72.0 Å². The second-order valence-electron chi connectivity index (χ2n) is 9.95. The molecular formula is C35H31FN2O4S. The number of para-hydroxylation sites is 1. The topological polar surface area (TPSA) is 78.9 Å². The van der Waals surface area contributed by atoms with Crippen LogP contribution in [0, 0.1) is 5.82 Å². The molecule has 4 aromatic carbocycles. The quantitative estimate of drug-likeness (QED) is 0.131. The van der Waals surface area contributed by atoms with Gasteiger partial charge in [0.1, 0.15) is 24.2 Å². The van der Waals surface area contributed by atoms with E-state index in [9.17, 15) is 19.1 Å². The van der Waals surface area contributed by atoms with Gasteiger partial charge in [0.15, 0.2) is 5.78 Å². The van der Waals surface area contributed by atoms with Crippen LogP contribution in [0.5, 0.6) is 5.75 Å². The number of benzene rings is 4. The molecule has 1 atom stereocenters. The molecule has 0 radical (unpaired) electrons. The van der Waals surface area contributed by atoms with Crippen molar-refractivity contribution >= 4 is 34.5 Å². The number of carbonyl (C=O) groups is 2. The minimum atomic E-state index is -1.02. The van der Waals surface area contributed by atoms with E-state index in [4.69, 9.17) is 4.74 Å². The molecule has 0 aliphatic rings. The lowest BCUT2D eigenvalue weighted by Gasteiger charge is -2.24. The van der Waals surface area contributed by atoms with Gasteiger partial charge in [-0.25, -0.2) is 9.18 Å². The van der Waals surface area contributed by atoms with Crippen molar-refractivity contribution < 1.29 is 23.8 Å². The summed E-state index contributed by atoms with van der Waals surface area (Å²) < 4.78 is 19.5. The average molecular weight is 595 g/mol. The van der Waals surface area contributed by atoms with Crippen LogP contribution in [-0.2, 0) is 17.8 Å². The number of aliphatic carboxylic acids is 1. The van der Waals surface area contributed by atoms with Gasteiger partial charge in [0.25, 0.3) is 0 Å². The third-order valence-electron chi connectivity index (χ3n) is 6.95. The molecule has 1 heterocycles. The van der Waals surface area contributed by atoms with Crippen molar-refractivity contribution in [3.05, 3.63) is 148 Å². The van der Waals surface area contributed by atoms with E-state index in [-0.39, 0.29) is 18.0 Å². The maximum atomic E-state index is 13.5. The number of carboxylic acids is 1. The van der Waals surface area contributed by atoms with Crippen LogP contribution in [0.4, 0.5) is 15.8 Å². The lowest BCUT2D eigenvalue weighted by atomic mass is 10.00. The first kappa shape index (κ1) is 29.5. The first-order chi connectivity index (χ1) is 21.0. The van der Waals surface area contributed by atoms with Crippen LogP contribution in [0.1, 0.15) is 26.4 Å². The Morgan fingerprint density at radius 2 is 1.58 bits per heavy atom. The van der Waals surface area contributed by atoms with Crippen molar-refractivity contribution in [3.63, 3.8) is 0 Å². The van der Waals surface area contributed by atoms with Crippen molar-refractivity contribution in [1.82, 2.24) is 0 Å². The van der Waals surface area contributed by atoms with E-state index in [0.29, 0.717) is 42.3 Å². The second kappa shape index (κ2) is 14.3. The second-order valence-corrected chi connectivity index (χ2v) is 11.0. The Morgan fingerprint density at radius 3 is 2.28 bits per heavy atom. The Labute approximate surface area is 254 Å². The Hall–Kier alpha value is -4.95. The average Bonchev–Trinajstić information content (AvgIpc) is 3.55. The SMILES string of the molecule is O=C(c1ccccc1)c1ccccc1N[C@@H](Cc1ccc(OCCN(Cc2cccs2)c2ccc(F)cc2)cc1)C(=O)O. The molecule has 218 valence electrons. The highest BCUT2D eigenvalue weighted by Crippen LogP contribution is 2.23. The van der Waals surface area contributed by atoms with Crippen LogP contribution in [0.15, 0.2) is 121 Å². The van der Waals surface area contributed by atoms with Gasteiger partial charge in [-0.2, -0.15) is 0 Å². The van der Waals surface area contributed by atoms with Gasteiger partial charge < -0.3 is 20.1 Å². The van der Waals surface area contributed by atoms with Crippen molar-refractivity contribution in [1.29, 1.82) is 0 Å². The lowest BCUT2D eigenvalue weighted by Crippen LogP contribution is -2.32. The van der Waals surface area contributed by atoms with E-state index in [2.05, 4.69) is 16.3 Å². The fraction of sp³-hybridized carbons (Fsp3) is 0.143. The standard InChI is InChI=1S/C35H31FN2O4S/c36-27-14-16-28(17-15-27)38(24-30-9-6-22-43-30)20-21-42-29-18-12-25(13-19-29)23-33(35(40)41)37-32-11-5-4-10-31(32)34(39)26-7-2-1-3-8-26/h1-19,22,33,37H,20-21,23-24H2,(H,40,41)/t33-/m0/s1. The summed E-state index contributed by atoms with van der Waals surface area (Å²) in [5.41, 5.74) is 3.14. The molecule has 6 nitrogen and oxygen atoms in total. The Bertz CT molecular complexity index is 1630. The Balaban J connectivity index is 1.20. The number of anilines is 2. The predicted molar refractivity (Wildman–Crippen MR) is 169 cm³/mol. The van der Waals surface area contributed by atoms with Crippen LogP contribution < -0.4 is 15.0 Å². The van der Waals surface area contributed by atoms with Gasteiger partial charge in [0.2, 0.25) is 0 Å². The maximum Gasteiger partial charge on any atom is 0.326 e. The van der Waals surface area contributed by atoms with Gasteiger partial charge in [0.05, 0.1) is 13.1 Å². The molecule has 1 aromatic heterocycles. The van der Waals surface area contributed by atoms with Crippen LogP contribution >= 0.6 is 11.3 Å². The zero-order valence-corrected chi connectivity index (χ0v) is 24.2. The molecule has 0 amide bonds. The molecule has 2 N–H and O–H groups in total. The summed E-state index contributed by atoms with van der Waals surface area (Å²) in [4.78, 5) is 28.6. The number of ketones is 1. The summed E-state index contributed by atoms with van der Waals surface area (Å²) in [6.45, 7) is 1.69. The summed E-state index contributed by atoms with van der Waals surface area (Å²) in [7, 11) is 0. The Morgan fingerprint density at radius 1 is 0.860 bits per heavy atom. The van der Waals surface area contributed by atoms with Crippen LogP contribution in [-0.4, -0.2) is 36.1 Å². The third-order valence-corrected chi connectivity index (χ3v) is 7.81. The molecule has 0 spiro atoms. The number of carbonyl (C=O) groups excluding carboxylic acids is 1. The first-order valence-electron chi connectivity index (χ1n) is 13.9. The molecule has 5 rings (SSSR count). The molecule has 0 unspecified atom stereocenters. The smallest absolute Gasteiger partial charge is 0.326 e. The summed E-state index contributed by atoms with van der Waals surface area (Å²) in [6, 6.07) is 32.8. The van der Waals surface area contributed by atoms with Gasteiger partial charge in [-0.15, -0.1) is 11.3 Å². The fourth-order valence-corrected chi connectivity index (χ4v) is 5.43. The number of halogens is 1. The number of nitrogens with one attached hydrogen (secondary N) is 1. The number of thiophene rings is 1. The van der Waals surface area contributed by atoms with Gasteiger partial charge in [0, 0.05) is 33.8 Å². The maximum absolute atomic E-state index is 13.5. The van der Waals surface area contributed by atoms with Crippen molar-refractivity contribution in [2.75, 3.05) is 23.4 Å². The van der Waals surface area contributed by atoms with E-state index in [1.807, 2.05) is 41.8 Å². The van der Waals surface area contributed by atoms with Crippen molar-refractivity contribution in [2.45, 2.75) is 19.0 Å². The molecule has 0 saturated carbocycles. The van der Waals surface area contributed by atoms with Gasteiger partial charge in [-0.3, -0.25) is 4.79 Å². The first-order valence-corrected chi connectivity index (χ1v) is 14.8. The van der Waals surface area contributed by atoms with E-state index < -0.39 is 12.0 Å². The molecule has 0 fully saturated rings. The van der Waals surface area contributed by atoms with Crippen LogP contribution in [0.3, 0.4) is 0 Å². The molecule has 8 heteroatoms. The highest BCUT2D eigenvalue weighted by atomic mass is 32.1. The number of nitrogens with zero attached hydrogens (tertiary/aromatic N) is 1. The molecular weight excluding hydrogens is 563 g/mol. The van der Waals surface area contributed by atoms with Crippen LogP contribution in [0.2, 0.25) is 0 Å². The minimum absolute atomic E-state index is 0.178. The lowest BCUT2D eigenvalue weighted by molar-refractivity contribution is -0.137. The normalized spacial score (nSPS) is 11.5. The van der Waals surface area contributed by atoms with Crippen molar-refractivity contribution in [2.24, 2.45) is 0 Å². The molecule has 0 aliphatic carbocycles. The Kier molecular flexibility index (Phi) is 9.82. The molecule has 0 saturated heterocycles. The number of carboxylic acid groups (broad SMARTS) is 1. The van der Waals surface area contributed by atoms with Crippen LogP contribution in [0.25, 0.3) is 0 Å². The van der Waals surface area contributed by atoms with E-state index in [0.717, 1.165) is 11.3 Å². The van der Waals surface area contributed by atoms with E-state index in [1.165, 1.54) is 17.0 Å². The molecule has 0 aliphatic heterocycles. The monoisotopic (exact) mass is 594 g/mol. The summed E-state index contributed by atoms with van der Waals surface area (Å²) in [6.07, 6.45) is 0.211.